The van der Waals surface area contributed by atoms with Crippen LogP contribution in [-0.2, 0) is 4.74 Å². The third-order valence-electron chi connectivity index (χ3n) is 3.69. The monoisotopic (exact) mass is 330 g/mol. The number of nitrogens with zero attached hydrogens (tertiary/aromatic N) is 1. The van der Waals surface area contributed by atoms with Gasteiger partial charge in [-0.25, -0.2) is 9.37 Å². The Morgan fingerprint density at radius 3 is 3.09 bits per heavy atom. The Bertz CT molecular complexity index is 830. The number of benzene rings is 2. The zero-order valence-electron chi connectivity index (χ0n) is 12.3. The first-order valence-corrected chi connectivity index (χ1v) is 8.26. The lowest BCUT2D eigenvalue weighted by molar-refractivity contribution is 0.0276. The Morgan fingerprint density at radius 2 is 2.22 bits per heavy atom. The second-order valence-electron chi connectivity index (χ2n) is 5.33. The van der Waals surface area contributed by atoms with Gasteiger partial charge in [-0.2, -0.15) is 0 Å². The highest BCUT2D eigenvalue weighted by Crippen LogP contribution is 2.32. The molecule has 2 aromatic carbocycles. The molecule has 0 aliphatic carbocycles. The first-order chi connectivity index (χ1) is 11.3. The lowest BCUT2D eigenvalue weighted by atomic mass is 10.1. The zero-order valence-corrected chi connectivity index (χ0v) is 13.1. The van der Waals surface area contributed by atoms with Crippen LogP contribution in [0.15, 0.2) is 42.5 Å². The minimum absolute atomic E-state index is 0.0387. The molecule has 2 heterocycles. The van der Waals surface area contributed by atoms with E-state index in [2.05, 4.69) is 10.3 Å². The van der Waals surface area contributed by atoms with Gasteiger partial charge in [0.25, 0.3) is 5.19 Å². The van der Waals surface area contributed by atoms with Crippen molar-refractivity contribution in [3.05, 3.63) is 53.8 Å². The summed E-state index contributed by atoms with van der Waals surface area (Å²) < 4.78 is 25.6. The number of ether oxygens (including phenoxy) is 2. The largest absolute Gasteiger partial charge is 0.431 e. The Labute approximate surface area is 136 Å². The van der Waals surface area contributed by atoms with Crippen molar-refractivity contribution in [1.29, 1.82) is 0 Å². The summed E-state index contributed by atoms with van der Waals surface area (Å²) in [5, 5.41) is 3.82. The number of aromatic nitrogens is 1. The van der Waals surface area contributed by atoms with E-state index in [-0.39, 0.29) is 11.9 Å². The van der Waals surface area contributed by atoms with Crippen molar-refractivity contribution in [2.45, 2.75) is 6.10 Å². The number of rotatable bonds is 3. The number of hydrogen-bond acceptors (Lipinski definition) is 5. The smallest absolute Gasteiger partial charge is 0.279 e. The summed E-state index contributed by atoms with van der Waals surface area (Å²) in [6.07, 6.45) is 0.0387. The van der Waals surface area contributed by atoms with Crippen LogP contribution in [0.4, 0.5) is 4.39 Å². The molecule has 4 rings (SSSR count). The molecule has 118 valence electrons. The molecule has 0 radical (unpaired) electrons. The van der Waals surface area contributed by atoms with Crippen molar-refractivity contribution in [3.8, 4) is 10.9 Å². The highest BCUT2D eigenvalue weighted by atomic mass is 32.1. The van der Waals surface area contributed by atoms with Crippen molar-refractivity contribution in [2.75, 3.05) is 19.7 Å². The van der Waals surface area contributed by atoms with Gasteiger partial charge < -0.3 is 14.8 Å². The van der Waals surface area contributed by atoms with E-state index in [0.29, 0.717) is 17.6 Å². The van der Waals surface area contributed by atoms with E-state index >= 15 is 0 Å². The molecule has 3 aromatic rings. The highest BCUT2D eigenvalue weighted by Gasteiger charge is 2.16. The van der Waals surface area contributed by atoms with Crippen LogP contribution in [-0.4, -0.2) is 24.7 Å². The van der Waals surface area contributed by atoms with Crippen LogP contribution in [0.1, 0.15) is 11.7 Å². The molecule has 1 saturated heterocycles. The minimum atomic E-state index is -0.267. The highest BCUT2D eigenvalue weighted by molar-refractivity contribution is 7.20. The maximum atomic E-state index is 13.2. The summed E-state index contributed by atoms with van der Waals surface area (Å²) in [6, 6.07) is 12.3. The predicted molar refractivity (Wildman–Crippen MR) is 87.7 cm³/mol. The summed E-state index contributed by atoms with van der Waals surface area (Å²) in [6.45, 7) is 2.39. The topological polar surface area (TPSA) is 43.4 Å². The second-order valence-corrected chi connectivity index (χ2v) is 6.32. The van der Waals surface area contributed by atoms with Crippen molar-refractivity contribution in [1.82, 2.24) is 10.3 Å². The molecule has 1 N–H and O–H groups in total. The molecule has 1 fully saturated rings. The van der Waals surface area contributed by atoms with Crippen LogP contribution in [0.2, 0.25) is 0 Å². The summed E-state index contributed by atoms with van der Waals surface area (Å²) in [5.41, 5.74) is 1.81. The number of halogens is 1. The molecule has 1 aliphatic rings. The lowest BCUT2D eigenvalue weighted by Gasteiger charge is -2.24. The fraction of sp³-hybridized carbons (Fsp3) is 0.235. The average molecular weight is 330 g/mol. The quantitative estimate of drug-likeness (QED) is 0.791. The van der Waals surface area contributed by atoms with E-state index in [4.69, 9.17) is 9.47 Å². The fourth-order valence-electron chi connectivity index (χ4n) is 2.58. The number of fused-ring (bicyclic) bond motifs is 1. The molecule has 0 amide bonds. The van der Waals surface area contributed by atoms with Gasteiger partial charge in [0.15, 0.2) is 0 Å². The van der Waals surface area contributed by atoms with Crippen molar-refractivity contribution in [2.24, 2.45) is 0 Å². The van der Waals surface area contributed by atoms with Gasteiger partial charge in [0.1, 0.15) is 11.6 Å². The SMILES string of the molecule is Fc1ccc2nc(Oc3cccc(C4CNCCO4)c3)sc2c1. The molecule has 0 saturated carbocycles. The van der Waals surface area contributed by atoms with Gasteiger partial charge >= 0.3 is 0 Å². The van der Waals surface area contributed by atoms with E-state index in [0.717, 1.165) is 28.9 Å². The van der Waals surface area contributed by atoms with Crippen molar-refractivity contribution < 1.29 is 13.9 Å². The van der Waals surface area contributed by atoms with Gasteiger partial charge in [-0.05, 0) is 35.9 Å². The third kappa shape index (κ3) is 3.19. The maximum Gasteiger partial charge on any atom is 0.279 e. The molecule has 1 aliphatic heterocycles. The standard InChI is InChI=1S/C17H15FN2O2S/c18-12-4-5-14-16(9-12)23-17(20-14)22-13-3-1-2-11(8-13)15-10-19-6-7-21-15/h1-5,8-9,15,19H,6-7,10H2. The number of morpholine rings is 1. The van der Waals surface area contributed by atoms with Gasteiger partial charge in [-0.1, -0.05) is 23.5 Å². The first-order valence-electron chi connectivity index (χ1n) is 7.44. The van der Waals surface area contributed by atoms with Crippen LogP contribution in [0.25, 0.3) is 10.2 Å². The molecular formula is C17H15FN2O2S. The molecule has 0 bridgehead atoms. The maximum absolute atomic E-state index is 13.2. The third-order valence-corrected chi connectivity index (χ3v) is 4.59. The summed E-state index contributed by atoms with van der Waals surface area (Å²) in [4.78, 5) is 4.38. The van der Waals surface area contributed by atoms with Crippen molar-refractivity contribution in [3.63, 3.8) is 0 Å². The van der Waals surface area contributed by atoms with Gasteiger partial charge in [0.05, 0.1) is 22.9 Å². The van der Waals surface area contributed by atoms with E-state index in [1.807, 2.05) is 24.3 Å². The number of thiazole rings is 1. The van der Waals surface area contributed by atoms with Crippen LogP contribution >= 0.6 is 11.3 Å². The van der Waals surface area contributed by atoms with E-state index in [1.165, 1.54) is 23.5 Å². The van der Waals surface area contributed by atoms with Gasteiger partial charge in [-0.15, -0.1) is 0 Å². The molecular weight excluding hydrogens is 315 g/mol. The molecule has 6 heteroatoms. The second kappa shape index (κ2) is 6.23. The average Bonchev–Trinajstić information content (AvgIpc) is 2.97. The van der Waals surface area contributed by atoms with Gasteiger partial charge in [0, 0.05) is 13.1 Å². The molecule has 1 atom stereocenters. The zero-order chi connectivity index (χ0) is 15.6. The van der Waals surface area contributed by atoms with Crippen LogP contribution in [0.3, 0.4) is 0 Å². The normalized spacial score (nSPS) is 18.2. The van der Waals surface area contributed by atoms with Crippen molar-refractivity contribution >= 4 is 21.6 Å². The molecule has 23 heavy (non-hydrogen) atoms. The van der Waals surface area contributed by atoms with Gasteiger partial charge in [-0.3, -0.25) is 0 Å². The molecule has 0 spiro atoms. The van der Waals surface area contributed by atoms with Gasteiger partial charge in [0.2, 0.25) is 0 Å². The van der Waals surface area contributed by atoms with Crippen LogP contribution < -0.4 is 10.1 Å². The first kappa shape index (κ1) is 14.6. The van der Waals surface area contributed by atoms with Crippen LogP contribution in [0.5, 0.6) is 10.9 Å². The Kier molecular flexibility index (Phi) is 3.95. The van der Waals surface area contributed by atoms with E-state index in [1.54, 1.807) is 6.07 Å². The van der Waals surface area contributed by atoms with E-state index < -0.39 is 0 Å². The minimum Gasteiger partial charge on any atom is -0.431 e. The Hall–Kier alpha value is -2.02. The Balaban J connectivity index is 1.57. The summed E-state index contributed by atoms with van der Waals surface area (Å²) in [5.74, 6) is 0.438. The Morgan fingerprint density at radius 1 is 1.26 bits per heavy atom. The summed E-state index contributed by atoms with van der Waals surface area (Å²) in [7, 11) is 0. The molecule has 1 aromatic heterocycles. The predicted octanol–water partition coefficient (Wildman–Crippen LogP) is 3.89. The fourth-order valence-corrected chi connectivity index (χ4v) is 3.44. The molecule has 1 unspecified atom stereocenters. The lowest BCUT2D eigenvalue weighted by Crippen LogP contribution is -2.33. The molecule has 4 nitrogen and oxygen atoms in total. The van der Waals surface area contributed by atoms with E-state index in [9.17, 15) is 4.39 Å². The number of hydrogen-bond donors (Lipinski definition) is 1. The number of nitrogens with one attached hydrogen (secondary N) is 1. The summed E-state index contributed by atoms with van der Waals surface area (Å²) >= 11 is 1.33. The van der Waals surface area contributed by atoms with Crippen LogP contribution in [0, 0.1) is 5.82 Å².